The Morgan fingerprint density at radius 3 is 1.25 bits per heavy atom. The normalized spacial score (nSPS) is 11.6. The van der Waals surface area contributed by atoms with Crippen LogP contribution in [0, 0.1) is 0 Å². The van der Waals surface area contributed by atoms with Gasteiger partial charge in [0.05, 0.1) is 0 Å². The molecule has 0 bridgehead atoms. The maximum Gasteiger partial charge on any atom is -0.00201 e. The second-order valence-corrected chi connectivity index (χ2v) is 11.7. The van der Waals surface area contributed by atoms with Crippen LogP contribution in [0.15, 0.2) is 170 Å². The molecule has 0 saturated carbocycles. The fraction of sp³-hybridized carbons (Fsp3) is 0. The average molecular weight is 557 g/mol. The van der Waals surface area contributed by atoms with Crippen LogP contribution >= 0.6 is 0 Å². The summed E-state index contributed by atoms with van der Waals surface area (Å²) in [6, 6.07) is 62.4. The van der Waals surface area contributed by atoms with Gasteiger partial charge in [0.1, 0.15) is 0 Å². The lowest BCUT2D eigenvalue weighted by Crippen LogP contribution is -1.92. The van der Waals surface area contributed by atoms with Crippen molar-refractivity contribution in [3.63, 3.8) is 0 Å². The Bertz CT molecular complexity index is 2490. The van der Waals surface area contributed by atoms with Gasteiger partial charge in [-0.25, -0.2) is 0 Å². The Labute approximate surface area is 256 Å². The molecule has 0 fully saturated rings. The predicted molar refractivity (Wildman–Crippen MR) is 190 cm³/mol. The van der Waals surface area contributed by atoms with Crippen molar-refractivity contribution >= 4 is 53.9 Å². The first-order valence-electron chi connectivity index (χ1n) is 15.3. The summed E-state index contributed by atoms with van der Waals surface area (Å²) in [6.45, 7) is 0. The van der Waals surface area contributed by atoms with Gasteiger partial charge >= 0.3 is 0 Å². The summed E-state index contributed by atoms with van der Waals surface area (Å²) in [5.74, 6) is 0. The SMILES string of the molecule is c1ccc2cc(-c3ccc4cccc(-c5c6ccccc6c(-c6cccc7ccccc67)c6ccccc56)c4c3)ccc2c1. The van der Waals surface area contributed by atoms with Crippen LogP contribution in [-0.4, -0.2) is 0 Å². The van der Waals surface area contributed by atoms with Crippen molar-refractivity contribution in [1.82, 2.24) is 0 Å². The van der Waals surface area contributed by atoms with Crippen LogP contribution in [0.1, 0.15) is 0 Å². The van der Waals surface area contributed by atoms with Gasteiger partial charge in [0.15, 0.2) is 0 Å². The summed E-state index contributed by atoms with van der Waals surface area (Å²) < 4.78 is 0. The molecule has 0 amide bonds. The summed E-state index contributed by atoms with van der Waals surface area (Å²) in [6.07, 6.45) is 0. The van der Waals surface area contributed by atoms with Gasteiger partial charge in [-0.2, -0.15) is 0 Å². The lowest BCUT2D eigenvalue weighted by molar-refractivity contribution is 1.66. The molecule has 9 aromatic carbocycles. The Morgan fingerprint density at radius 2 is 0.636 bits per heavy atom. The second-order valence-electron chi connectivity index (χ2n) is 11.7. The van der Waals surface area contributed by atoms with E-state index < -0.39 is 0 Å². The van der Waals surface area contributed by atoms with Gasteiger partial charge < -0.3 is 0 Å². The molecular weight excluding hydrogens is 528 g/mol. The number of hydrogen-bond donors (Lipinski definition) is 0. The fourth-order valence-corrected chi connectivity index (χ4v) is 7.19. The van der Waals surface area contributed by atoms with Crippen molar-refractivity contribution in [2.24, 2.45) is 0 Å². The minimum absolute atomic E-state index is 1.23. The van der Waals surface area contributed by atoms with Crippen LogP contribution in [-0.2, 0) is 0 Å². The van der Waals surface area contributed by atoms with Crippen molar-refractivity contribution in [2.75, 3.05) is 0 Å². The zero-order valence-corrected chi connectivity index (χ0v) is 24.2. The lowest BCUT2D eigenvalue weighted by atomic mass is 9.83. The van der Waals surface area contributed by atoms with E-state index in [2.05, 4.69) is 170 Å². The van der Waals surface area contributed by atoms with E-state index in [1.807, 2.05) is 0 Å². The van der Waals surface area contributed by atoms with Gasteiger partial charge in [-0.05, 0) is 99.4 Å². The Hall–Kier alpha value is -5.72. The summed E-state index contributed by atoms with van der Waals surface area (Å²) >= 11 is 0. The minimum atomic E-state index is 1.23. The van der Waals surface area contributed by atoms with E-state index in [0.717, 1.165) is 0 Å². The third-order valence-corrected chi connectivity index (χ3v) is 9.22. The van der Waals surface area contributed by atoms with Gasteiger partial charge in [0.2, 0.25) is 0 Å². The van der Waals surface area contributed by atoms with Crippen LogP contribution in [0.2, 0.25) is 0 Å². The van der Waals surface area contributed by atoms with Crippen LogP contribution in [0.5, 0.6) is 0 Å². The van der Waals surface area contributed by atoms with Gasteiger partial charge in [-0.3, -0.25) is 0 Å². The van der Waals surface area contributed by atoms with Gasteiger partial charge in [-0.15, -0.1) is 0 Å². The van der Waals surface area contributed by atoms with E-state index in [-0.39, 0.29) is 0 Å². The van der Waals surface area contributed by atoms with Crippen molar-refractivity contribution < 1.29 is 0 Å². The zero-order valence-electron chi connectivity index (χ0n) is 24.2. The molecule has 44 heavy (non-hydrogen) atoms. The highest BCUT2D eigenvalue weighted by atomic mass is 14.2. The number of benzene rings is 9. The van der Waals surface area contributed by atoms with E-state index in [1.54, 1.807) is 0 Å². The number of rotatable bonds is 3. The van der Waals surface area contributed by atoms with Crippen molar-refractivity contribution in [3.8, 4) is 33.4 Å². The van der Waals surface area contributed by atoms with Crippen molar-refractivity contribution in [2.45, 2.75) is 0 Å². The molecule has 0 nitrogen and oxygen atoms in total. The van der Waals surface area contributed by atoms with Gasteiger partial charge in [-0.1, -0.05) is 158 Å². The molecular formula is C44H28. The summed E-state index contributed by atoms with van der Waals surface area (Å²) in [5, 5.41) is 12.7. The fourth-order valence-electron chi connectivity index (χ4n) is 7.19. The molecule has 0 heterocycles. The molecule has 0 aliphatic heterocycles. The Balaban J connectivity index is 1.36. The maximum atomic E-state index is 2.39. The van der Waals surface area contributed by atoms with E-state index in [4.69, 9.17) is 0 Å². The first-order chi connectivity index (χ1) is 21.8. The molecule has 9 rings (SSSR count). The summed E-state index contributed by atoms with van der Waals surface area (Å²) in [4.78, 5) is 0. The molecule has 0 atom stereocenters. The summed E-state index contributed by atoms with van der Waals surface area (Å²) in [5.41, 5.74) is 7.61. The van der Waals surface area contributed by atoms with Crippen molar-refractivity contribution in [1.29, 1.82) is 0 Å². The molecule has 0 radical (unpaired) electrons. The third-order valence-electron chi connectivity index (χ3n) is 9.22. The molecule has 0 aliphatic rings. The van der Waals surface area contributed by atoms with E-state index in [1.165, 1.54) is 87.2 Å². The minimum Gasteiger partial charge on any atom is -0.0616 e. The molecule has 0 N–H and O–H groups in total. The predicted octanol–water partition coefficient (Wildman–Crippen LogP) is 12.5. The standard InChI is InChI=1S/C44H28/c1-2-13-32-27-33(25-23-29(32)11-1)34-26-24-31-15-10-22-41(42(31)28-34)44-39-19-7-5-17-37(39)43(38-18-6-8-20-40(38)44)36-21-9-14-30-12-3-4-16-35(30)36/h1-28H. The molecule has 0 spiro atoms. The van der Waals surface area contributed by atoms with Crippen LogP contribution < -0.4 is 0 Å². The summed E-state index contributed by atoms with van der Waals surface area (Å²) in [7, 11) is 0. The lowest BCUT2D eigenvalue weighted by Gasteiger charge is -2.20. The molecule has 0 aromatic heterocycles. The van der Waals surface area contributed by atoms with E-state index >= 15 is 0 Å². The van der Waals surface area contributed by atoms with Crippen LogP contribution in [0.3, 0.4) is 0 Å². The van der Waals surface area contributed by atoms with E-state index in [9.17, 15) is 0 Å². The van der Waals surface area contributed by atoms with Gasteiger partial charge in [0, 0.05) is 0 Å². The zero-order chi connectivity index (χ0) is 29.0. The maximum absolute atomic E-state index is 2.39. The topological polar surface area (TPSA) is 0 Å². The molecule has 0 unspecified atom stereocenters. The third kappa shape index (κ3) is 3.85. The van der Waals surface area contributed by atoms with E-state index in [0.29, 0.717) is 0 Å². The molecule has 0 saturated heterocycles. The van der Waals surface area contributed by atoms with Crippen molar-refractivity contribution in [3.05, 3.63) is 170 Å². The Morgan fingerprint density at radius 1 is 0.227 bits per heavy atom. The van der Waals surface area contributed by atoms with Gasteiger partial charge in [0.25, 0.3) is 0 Å². The quantitative estimate of drug-likeness (QED) is 0.190. The first-order valence-corrected chi connectivity index (χ1v) is 15.3. The van der Waals surface area contributed by atoms with Crippen LogP contribution in [0.4, 0.5) is 0 Å². The molecule has 0 aliphatic carbocycles. The highest BCUT2D eigenvalue weighted by molar-refractivity contribution is 6.25. The number of fused-ring (bicyclic) bond motifs is 5. The highest BCUT2D eigenvalue weighted by Crippen LogP contribution is 2.46. The molecule has 204 valence electrons. The highest BCUT2D eigenvalue weighted by Gasteiger charge is 2.19. The number of hydrogen-bond acceptors (Lipinski definition) is 0. The van der Waals surface area contributed by atoms with Crippen LogP contribution in [0.25, 0.3) is 87.2 Å². The second kappa shape index (κ2) is 9.93. The molecule has 0 heteroatoms. The first kappa shape index (κ1) is 24.8. The molecule has 9 aromatic rings. The monoisotopic (exact) mass is 556 g/mol. The smallest absolute Gasteiger partial charge is 0.00201 e. The average Bonchev–Trinajstić information content (AvgIpc) is 3.10. The Kier molecular flexibility index (Phi) is 5.61. The largest absolute Gasteiger partial charge is 0.0616 e.